The molecule has 4 heteroatoms. The number of ether oxygens (including phenoxy) is 2. The molecule has 0 aliphatic heterocycles. The van der Waals surface area contributed by atoms with Gasteiger partial charge in [-0.05, 0) is 30.2 Å². The average Bonchev–Trinajstić information content (AvgIpc) is 2.49. The molecule has 0 bridgehead atoms. The second-order valence-electron chi connectivity index (χ2n) is 4.11. The van der Waals surface area contributed by atoms with Gasteiger partial charge in [0, 0.05) is 12.6 Å². The summed E-state index contributed by atoms with van der Waals surface area (Å²) < 4.78 is 10.1. The van der Waals surface area contributed by atoms with Crippen LogP contribution in [-0.2, 0) is 6.42 Å². The van der Waals surface area contributed by atoms with Gasteiger partial charge < -0.3 is 14.8 Å². The van der Waals surface area contributed by atoms with Gasteiger partial charge in [0.25, 0.3) is 0 Å². The van der Waals surface area contributed by atoms with Gasteiger partial charge in [0.2, 0.25) is 5.88 Å². The minimum atomic E-state index is 0.626. The van der Waals surface area contributed by atoms with Gasteiger partial charge in [-0.1, -0.05) is 12.1 Å². The summed E-state index contributed by atoms with van der Waals surface area (Å²) in [7, 11) is 3.28. The fraction of sp³-hybridized carbons (Fsp3) is 0.267. The van der Waals surface area contributed by atoms with Crippen LogP contribution in [0, 0.1) is 0 Å². The summed E-state index contributed by atoms with van der Waals surface area (Å²) in [6.07, 6.45) is 2.73. The summed E-state index contributed by atoms with van der Waals surface area (Å²) in [6.45, 7) is 0.861. The number of anilines is 1. The number of benzene rings is 1. The normalized spacial score (nSPS) is 10.0. The standard InChI is InChI=1S/C15H18N2O2/c1-18-14-6-3-12(4-7-14)9-10-16-13-5-8-15(19-2)17-11-13/h3-8,11,16H,9-10H2,1-2H3. The molecule has 1 aromatic heterocycles. The van der Waals surface area contributed by atoms with Crippen LogP contribution in [0.15, 0.2) is 42.6 Å². The summed E-state index contributed by atoms with van der Waals surface area (Å²) in [5, 5.41) is 3.32. The fourth-order valence-electron chi connectivity index (χ4n) is 1.75. The lowest BCUT2D eigenvalue weighted by Crippen LogP contribution is -2.05. The van der Waals surface area contributed by atoms with Crippen molar-refractivity contribution < 1.29 is 9.47 Å². The van der Waals surface area contributed by atoms with Crippen LogP contribution < -0.4 is 14.8 Å². The zero-order valence-corrected chi connectivity index (χ0v) is 11.2. The molecule has 0 saturated heterocycles. The van der Waals surface area contributed by atoms with Crippen molar-refractivity contribution in [2.45, 2.75) is 6.42 Å². The lowest BCUT2D eigenvalue weighted by molar-refractivity contribution is 0.398. The van der Waals surface area contributed by atoms with E-state index >= 15 is 0 Å². The maximum atomic E-state index is 5.13. The first kappa shape index (κ1) is 13.2. The monoisotopic (exact) mass is 258 g/mol. The smallest absolute Gasteiger partial charge is 0.213 e. The average molecular weight is 258 g/mol. The van der Waals surface area contributed by atoms with E-state index < -0.39 is 0 Å². The summed E-state index contributed by atoms with van der Waals surface area (Å²) in [5.74, 6) is 1.51. The summed E-state index contributed by atoms with van der Waals surface area (Å²) in [4.78, 5) is 4.14. The number of aromatic nitrogens is 1. The van der Waals surface area contributed by atoms with Gasteiger partial charge in [-0.3, -0.25) is 0 Å². The van der Waals surface area contributed by atoms with Gasteiger partial charge in [0.05, 0.1) is 26.1 Å². The number of rotatable bonds is 6. The highest BCUT2D eigenvalue weighted by molar-refractivity contribution is 5.42. The van der Waals surface area contributed by atoms with Crippen molar-refractivity contribution in [1.82, 2.24) is 4.98 Å². The quantitative estimate of drug-likeness (QED) is 0.865. The minimum Gasteiger partial charge on any atom is -0.497 e. The van der Waals surface area contributed by atoms with Crippen molar-refractivity contribution in [2.75, 3.05) is 26.1 Å². The molecule has 2 aromatic rings. The molecule has 0 aliphatic carbocycles. The van der Waals surface area contributed by atoms with Crippen LogP contribution in [0.5, 0.6) is 11.6 Å². The van der Waals surface area contributed by atoms with E-state index in [1.54, 1.807) is 20.4 Å². The Morgan fingerprint density at radius 3 is 2.37 bits per heavy atom. The maximum Gasteiger partial charge on any atom is 0.213 e. The van der Waals surface area contributed by atoms with Gasteiger partial charge >= 0.3 is 0 Å². The van der Waals surface area contributed by atoms with E-state index in [0.717, 1.165) is 24.4 Å². The second kappa shape index (κ2) is 6.64. The Kier molecular flexibility index (Phi) is 4.61. The molecular weight excluding hydrogens is 240 g/mol. The number of nitrogens with one attached hydrogen (secondary N) is 1. The number of methoxy groups -OCH3 is 2. The van der Waals surface area contributed by atoms with E-state index in [2.05, 4.69) is 22.4 Å². The maximum absolute atomic E-state index is 5.13. The Bertz CT molecular complexity index is 447. The van der Waals surface area contributed by atoms with E-state index in [4.69, 9.17) is 9.47 Å². The van der Waals surface area contributed by atoms with E-state index in [1.807, 2.05) is 24.3 Å². The molecule has 2 rings (SSSR count). The van der Waals surface area contributed by atoms with E-state index in [1.165, 1.54) is 5.56 Å². The van der Waals surface area contributed by atoms with Crippen molar-refractivity contribution in [2.24, 2.45) is 0 Å². The molecule has 0 saturated carbocycles. The van der Waals surface area contributed by atoms with Crippen molar-refractivity contribution in [3.8, 4) is 11.6 Å². The molecule has 0 fully saturated rings. The molecule has 1 N–H and O–H groups in total. The molecule has 4 nitrogen and oxygen atoms in total. The van der Waals surface area contributed by atoms with E-state index in [9.17, 15) is 0 Å². The van der Waals surface area contributed by atoms with Gasteiger partial charge in [0.15, 0.2) is 0 Å². The zero-order chi connectivity index (χ0) is 13.5. The fourth-order valence-corrected chi connectivity index (χ4v) is 1.75. The first-order valence-corrected chi connectivity index (χ1v) is 6.18. The SMILES string of the molecule is COc1ccc(CCNc2ccc(OC)nc2)cc1. The van der Waals surface area contributed by atoms with Crippen molar-refractivity contribution >= 4 is 5.69 Å². The summed E-state index contributed by atoms with van der Waals surface area (Å²) in [6, 6.07) is 11.9. The first-order chi connectivity index (χ1) is 9.31. The number of pyridine rings is 1. The van der Waals surface area contributed by atoms with Crippen LogP contribution in [0.25, 0.3) is 0 Å². The zero-order valence-electron chi connectivity index (χ0n) is 11.2. The molecule has 0 radical (unpaired) electrons. The predicted molar refractivity (Wildman–Crippen MR) is 76.0 cm³/mol. The highest BCUT2D eigenvalue weighted by atomic mass is 16.5. The van der Waals surface area contributed by atoms with Crippen LogP contribution >= 0.6 is 0 Å². The van der Waals surface area contributed by atoms with Crippen molar-refractivity contribution in [3.63, 3.8) is 0 Å². The van der Waals surface area contributed by atoms with Crippen LogP contribution in [0.3, 0.4) is 0 Å². The van der Waals surface area contributed by atoms with E-state index in [-0.39, 0.29) is 0 Å². The van der Waals surface area contributed by atoms with Crippen molar-refractivity contribution in [1.29, 1.82) is 0 Å². The van der Waals surface area contributed by atoms with Crippen LogP contribution in [-0.4, -0.2) is 25.7 Å². The highest BCUT2D eigenvalue weighted by Gasteiger charge is 1.97. The third kappa shape index (κ3) is 3.88. The van der Waals surface area contributed by atoms with Gasteiger partial charge in [-0.2, -0.15) is 0 Å². The minimum absolute atomic E-state index is 0.626. The Morgan fingerprint density at radius 2 is 1.79 bits per heavy atom. The molecule has 19 heavy (non-hydrogen) atoms. The Morgan fingerprint density at radius 1 is 1.00 bits per heavy atom. The van der Waals surface area contributed by atoms with Gasteiger partial charge in [-0.15, -0.1) is 0 Å². The molecule has 100 valence electrons. The number of hydrogen-bond acceptors (Lipinski definition) is 4. The Balaban J connectivity index is 1.81. The van der Waals surface area contributed by atoms with Crippen LogP contribution in [0.4, 0.5) is 5.69 Å². The molecule has 0 amide bonds. The predicted octanol–water partition coefficient (Wildman–Crippen LogP) is 2.75. The third-order valence-electron chi connectivity index (χ3n) is 2.85. The van der Waals surface area contributed by atoms with Crippen LogP contribution in [0.1, 0.15) is 5.56 Å². The lowest BCUT2D eigenvalue weighted by Gasteiger charge is -2.07. The lowest BCUT2D eigenvalue weighted by atomic mass is 10.1. The Labute approximate surface area is 113 Å². The molecule has 0 atom stereocenters. The molecule has 1 heterocycles. The van der Waals surface area contributed by atoms with Crippen LogP contribution in [0.2, 0.25) is 0 Å². The molecule has 0 unspecified atom stereocenters. The molecule has 0 aliphatic rings. The largest absolute Gasteiger partial charge is 0.497 e. The highest BCUT2D eigenvalue weighted by Crippen LogP contribution is 2.13. The van der Waals surface area contributed by atoms with Gasteiger partial charge in [0.1, 0.15) is 5.75 Å². The first-order valence-electron chi connectivity index (χ1n) is 6.18. The topological polar surface area (TPSA) is 43.4 Å². The number of nitrogens with zero attached hydrogens (tertiary/aromatic N) is 1. The molecular formula is C15H18N2O2. The summed E-state index contributed by atoms with van der Waals surface area (Å²) in [5.41, 5.74) is 2.27. The van der Waals surface area contributed by atoms with Gasteiger partial charge in [-0.25, -0.2) is 4.98 Å². The van der Waals surface area contributed by atoms with Crippen molar-refractivity contribution in [3.05, 3.63) is 48.2 Å². The molecule has 0 spiro atoms. The number of hydrogen-bond donors (Lipinski definition) is 1. The summed E-state index contributed by atoms with van der Waals surface area (Å²) >= 11 is 0. The Hall–Kier alpha value is -2.23. The molecule has 1 aromatic carbocycles. The van der Waals surface area contributed by atoms with E-state index in [0.29, 0.717) is 5.88 Å². The third-order valence-corrected chi connectivity index (χ3v) is 2.85. The second-order valence-corrected chi connectivity index (χ2v) is 4.11.